The number of hydrogen-bond donors (Lipinski definition) is 0. The minimum absolute atomic E-state index is 0.164. The molecule has 0 aromatic heterocycles. The summed E-state index contributed by atoms with van der Waals surface area (Å²) in [4.78, 5) is 15.2. The molecule has 4 unspecified atom stereocenters. The minimum atomic E-state index is 0.164. The largest absolute Gasteiger partial charge is 0.302 e. The van der Waals surface area contributed by atoms with E-state index in [9.17, 15) is 4.79 Å². The standard InChI is InChI=1S/C20H27NO/c1-4-14-6-9-16(10-7-14)17-12-15-8-11-18(21(3)13-15)20(17)19(22)5-2/h4,6-7,9-10,15,17-18,20H,1,5,8,11-13H2,2-3H3. The van der Waals surface area contributed by atoms with Crippen LogP contribution in [-0.4, -0.2) is 30.3 Å². The van der Waals surface area contributed by atoms with E-state index in [-0.39, 0.29) is 5.92 Å². The fraction of sp³-hybridized carbons (Fsp3) is 0.550. The molecule has 4 atom stereocenters. The second kappa shape index (κ2) is 6.37. The van der Waals surface area contributed by atoms with E-state index in [0.717, 1.165) is 24.4 Å². The summed E-state index contributed by atoms with van der Waals surface area (Å²) in [5.41, 5.74) is 2.49. The number of carbonyl (C=O) groups excluding carboxylic acids is 1. The number of Topliss-reactive ketones (excluding diaryl/α,β-unsaturated/α-hetero) is 1. The maximum atomic E-state index is 12.7. The zero-order valence-corrected chi connectivity index (χ0v) is 13.8. The van der Waals surface area contributed by atoms with Gasteiger partial charge >= 0.3 is 0 Å². The average molecular weight is 297 g/mol. The van der Waals surface area contributed by atoms with Crippen LogP contribution in [0.25, 0.3) is 6.08 Å². The lowest BCUT2D eigenvalue weighted by Crippen LogP contribution is -2.45. The molecule has 2 heteroatoms. The number of piperidine rings is 1. The van der Waals surface area contributed by atoms with E-state index in [0.29, 0.717) is 24.2 Å². The second-order valence-corrected chi connectivity index (χ2v) is 7.01. The Labute approximate surface area is 134 Å². The van der Waals surface area contributed by atoms with E-state index in [1.54, 1.807) is 0 Å². The number of fused-ring (bicyclic) bond motifs is 4. The van der Waals surface area contributed by atoms with Crippen molar-refractivity contribution in [3.63, 3.8) is 0 Å². The molecule has 0 radical (unpaired) electrons. The third kappa shape index (κ3) is 2.77. The van der Waals surface area contributed by atoms with Crippen LogP contribution in [0.3, 0.4) is 0 Å². The third-order valence-corrected chi connectivity index (χ3v) is 5.74. The van der Waals surface area contributed by atoms with E-state index in [2.05, 4.69) is 42.8 Å². The van der Waals surface area contributed by atoms with Gasteiger partial charge in [-0.05, 0) is 49.3 Å². The van der Waals surface area contributed by atoms with Gasteiger partial charge in [0.25, 0.3) is 0 Å². The van der Waals surface area contributed by atoms with Crippen LogP contribution in [0.4, 0.5) is 0 Å². The summed E-state index contributed by atoms with van der Waals surface area (Å²) < 4.78 is 0. The Bertz CT molecular complexity index is 547. The molecule has 1 aliphatic carbocycles. The average Bonchev–Trinajstić information content (AvgIpc) is 2.81. The molecule has 2 heterocycles. The topological polar surface area (TPSA) is 20.3 Å². The number of carbonyl (C=O) groups is 1. The summed E-state index contributed by atoms with van der Waals surface area (Å²) in [7, 11) is 2.20. The number of rotatable bonds is 4. The SMILES string of the molecule is C=Cc1ccc(C2CC3CCC(C2C(=O)CC)N(C)C3)cc1. The fourth-order valence-electron chi connectivity index (χ4n) is 4.58. The van der Waals surface area contributed by atoms with Gasteiger partial charge in [-0.15, -0.1) is 0 Å². The lowest BCUT2D eigenvalue weighted by Gasteiger charge is -2.37. The van der Waals surface area contributed by atoms with Gasteiger partial charge in [0.2, 0.25) is 0 Å². The highest BCUT2D eigenvalue weighted by atomic mass is 16.1. The van der Waals surface area contributed by atoms with E-state index in [4.69, 9.17) is 0 Å². The van der Waals surface area contributed by atoms with Crippen LogP contribution in [0, 0.1) is 11.8 Å². The van der Waals surface area contributed by atoms with E-state index in [1.165, 1.54) is 18.4 Å². The van der Waals surface area contributed by atoms with Crippen molar-refractivity contribution in [2.24, 2.45) is 11.8 Å². The van der Waals surface area contributed by atoms with Gasteiger partial charge in [0.15, 0.2) is 0 Å². The van der Waals surface area contributed by atoms with Gasteiger partial charge in [-0.25, -0.2) is 0 Å². The molecular formula is C20H27NO. The maximum absolute atomic E-state index is 12.7. The molecule has 118 valence electrons. The van der Waals surface area contributed by atoms with Crippen LogP contribution in [0.1, 0.15) is 49.7 Å². The molecule has 0 spiro atoms. The van der Waals surface area contributed by atoms with Gasteiger partial charge in [-0.2, -0.15) is 0 Å². The Morgan fingerprint density at radius 3 is 2.64 bits per heavy atom. The number of ketones is 1. The van der Waals surface area contributed by atoms with E-state index in [1.807, 2.05) is 13.0 Å². The summed E-state index contributed by atoms with van der Waals surface area (Å²) >= 11 is 0. The van der Waals surface area contributed by atoms with Crippen LogP contribution >= 0.6 is 0 Å². The molecule has 2 nitrogen and oxygen atoms in total. The summed E-state index contributed by atoms with van der Waals surface area (Å²) in [5, 5.41) is 0. The van der Waals surface area contributed by atoms with Crippen molar-refractivity contribution in [1.29, 1.82) is 0 Å². The van der Waals surface area contributed by atoms with Crippen LogP contribution in [0.15, 0.2) is 30.8 Å². The Hall–Kier alpha value is -1.41. The predicted molar refractivity (Wildman–Crippen MR) is 91.8 cm³/mol. The van der Waals surface area contributed by atoms with Gasteiger partial charge in [0, 0.05) is 24.9 Å². The Balaban J connectivity index is 1.98. The smallest absolute Gasteiger partial charge is 0.137 e. The van der Waals surface area contributed by atoms with Crippen molar-refractivity contribution in [2.75, 3.05) is 13.6 Å². The lowest BCUT2D eigenvalue weighted by molar-refractivity contribution is -0.125. The summed E-state index contributed by atoms with van der Waals surface area (Å²) in [6.45, 7) is 6.99. The predicted octanol–water partition coefficient (Wildman–Crippen LogP) is 4.12. The maximum Gasteiger partial charge on any atom is 0.137 e. The molecular weight excluding hydrogens is 270 g/mol. The number of hydrogen-bond acceptors (Lipinski definition) is 2. The molecule has 2 saturated heterocycles. The summed E-state index contributed by atoms with van der Waals surface area (Å²) in [6, 6.07) is 9.11. The van der Waals surface area contributed by atoms with Crippen molar-refractivity contribution < 1.29 is 4.79 Å². The molecule has 1 aromatic rings. The van der Waals surface area contributed by atoms with Crippen LogP contribution in [0.2, 0.25) is 0 Å². The molecule has 22 heavy (non-hydrogen) atoms. The Kier molecular flexibility index (Phi) is 4.49. The highest BCUT2D eigenvalue weighted by molar-refractivity contribution is 5.82. The summed E-state index contributed by atoms with van der Waals surface area (Å²) in [6.07, 6.45) is 6.15. The van der Waals surface area contributed by atoms with Crippen molar-refractivity contribution in [2.45, 2.75) is 44.6 Å². The van der Waals surface area contributed by atoms with Crippen molar-refractivity contribution >= 4 is 11.9 Å². The first kappa shape index (κ1) is 15.5. The van der Waals surface area contributed by atoms with Crippen LogP contribution < -0.4 is 0 Å². The van der Waals surface area contributed by atoms with Gasteiger partial charge in [-0.1, -0.05) is 43.8 Å². The second-order valence-electron chi connectivity index (χ2n) is 7.01. The first-order valence-electron chi connectivity index (χ1n) is 8.59. The van der Waals surface area contributed by atoms with Gasteiger partial charge in [-0.3, -0.25) is 4.79 Å². The van der Waals surface area contributed by atoms with Crippen molar-refractivity contribution in [3.05, 3.63) is 42.0 Å². The third-order valence-electron chi connectivity index (χ3n) is 5.74. The molecule has 1 aromatic carbocycles. The number of nitrogens with zero attached hydrogens (tertiary/aromatic N) is 1. The normalized spacial score (nSPS) is 31.7. The molecule has 1 saturated carbocycles. The Morgan fingerprint density at radius 1 is 1.32 bits per heavy atom. The van der Waals surface area contributed by atoms with E-state index >= 15 is 0 Å². The number of benzene rings is 1. The fourth-order valence-corrected chi connectivity index (χ4v) is 4.58. The molecule has 3 aliphatic rings. The quantitative estimate of drug-likeness (QED) is 0.833. The molecule has 3 fully saturated rings. The highest BCUT2D eigenvalue weighted by Gasteiger charge is 2.44. The Morgan fingerprint density at radius 2 is 2.05 bits per heavy atom. The molecule has 4 rings (SSSR count). The zero-order chi connectivity index (χ0) is 15.7. The van der Waals surface area contributed by atoms with Gasteiger partial charge < -0.3 is 4.90 Å². The first-order chi connectivity index (χ1) is 10.6. The van der Waals surface area contributed by atoms with Crippen LogP contribution in [0.5, 0.6) is 0 Å². The monoisotopic (exact) mass is 297 g/mol. The molecule has 0 amide bonds. The highest BCUT2D eigenvalue weighted by Crippen LogP contribution is 2.45. The van der Waals surface area contributed by atoms with Crippen molar-refractivity contribution in [3.8, 4) is 0 Å². The molecule has 0 N–H and O–H groups in total. The molecule has 2 bridgehead atoms. The lowest BCUT2D eigenvalue weighted by atomic mass is 9.77. The van der Waals surface area contributed by atoms with E-state index < -0.39 is 0 Å². The zero-order valence-electron chi connectivity index (χ0n) is 13.8. The van der Waals surface area contributed by atoms with Crippen molar-refractivity contribution in [1.82, 2.24) is 4.90 Å². The first-order valence-corrected chi connectivity index (χ1v) is 8.59. The van der Waals surface area contributed by atoms with Crippen LogP contribution in [-0.2, 0) is 4.79 Å². The molecule has 2 aliphatic heterocycles. The van der Waals surface area contributed by atoms with Gasteiger partial charge in [0.1, 0.15) is 5.78 Å². The summed E-state index contributed by atoms with van der Waals surface area (Å²) in [5.74, 6) is 1.73. The minimum Gasteiger partial charge on any atom is -0.302 e. The van der Waals surface area contributed by atoms with Gasteiger partial charge in [0.05, 0.1) is 0 Å².